The molecule has 1 saturated heterocycles. The third kappa shape index (κ3) is 5.05. The normalized spacial score (nSPS) is 15.6. The molecule has 2 rings (SSSR count). The Morgan fingerprint density at radius 3 is 3.00 bits per heavy atom. The molecular weight excluding hydrogens is 301 g/mol. The zero-order valence-electron chi connectivity index (χ0n) is 13.0. The first-order chi connectivity index (χ1) is 11.1. The number of nitrogens with one attached hydrogen (secondary N) is 1. The molecule has 124 valence electrons. The van der Waals surface area contributed by atoms with Crippen molar-refractivity contribution < 1.29 is 18.7 Å². The number of benzene rings is 1. The molecule has 1 aliphatic heterocycles. The van der Waals surface area contributed by atoms with Crippen molar-refractivity contribution in [2.24, 2.45) is 5.10 Å². The third-order valence-electron chi connectivity index (χ3n) is 3.58. The fourth-order valence-electron chi connectivity index (χ4n) is 2.36. The number of amides is 2. The van der Waals surface area contributed by atoms with Crippen LogP contribution in [0.2, 0.25) is 0 Å². The van der Waals surface area contributed by atoms with Gasteiger partial charge in [0.1, 0.15) is 6.54 Å². The van der Waals surface area contributed by atoms with Gasteiger partial charge in [-0.25, -0.2) is 9.82 Å². The summed E-state index contributed by atoms with van der Waals surface area (Å²) in [4.78, 5) is 25.2. The molecule has 6 nitrogen and oxygen atoms in total. The molecule has 0 saturated carbocycles. The van der Waals surface area contributed by atoms with E-state index >= 15 is 0 Å². The van der Waals surface area contributed by atoms with Gasteiger partial charge in [0.15, 0.2) is 11.6 Å². The Bertz CT molecular complexity index is 604. The van der Waals surface area contributed by atoms with Crippen molar-refractivity contribution in [2.45, 2.75) is 25.7 Å². The van der Waals surface area contributed by atoms with Gasteiger partial charge >= 0.3 is 0 Å². The largest absolute Gasteiger partial charge is 0.494 e. The van der Waals surface area contributed by atoms with E-state index in [1.165, 1.54) is 25.5 Å². The molecule has 0 radical (unpaired) electrons. The number of carbonyl (C=O) groups excluding carboxylic acids is 2. The van der Waals surface area contributed by atoms with Crippen molar-refractivity contribution in [1.82, 2.24) is 10.3 Å². The Hall–Kier alpha value is -2.44. The molecule has 1 heterocycles. The van der Waals surface area contributed by atoms with Crippen molar-refractivity contribution in [3.63, 3.8) is 0 Å². The molecular formula is C16H20FN3O3. The van der Waals surface area contributed by atoms with Crippen molar-refractivity contribution in [3.8, 4) is 5.75 Å². The Morgan fingerprint density at radius 2 is 2.26 bits per heavy atom. The highest BCUT2D eigenvalue weighted by atomic mass is 19.1. The van der Waals surface area contributed by atoms with Gasteiger partial charge in [-0.2, -0.15) is 5.10 Å². The Kier molecular flexibility index (Phi) is 6.08. The van der Waals surface area contributed by atoms with Crippen LogP contribution in [0.1, 0.15) is 31.2 Å². The number of hydrogen-bond donors (Lipinski definition) is 1. The fraction of sp³-hybridized carbons (Fsp3) is 0.438. The van der Waals surface area contributed by atoms with Crippen LogP contribution in [0.25, 0.3) is 0 Å². The molecule has 0 spiro atoms. The van der Waals surface area contributed by atoms with Crippen molar-refractivity contribution >= 4 is 18.0 Å². The summed E-state index contributed by atoms with van der Waals surface area (Å²) in [5.74, 6) is -0.729. The summed E-state index contributed by atoms with van der Waals surface area (Å²) in [6, 6.07) is 4.36. The van der Waals surface area contributed by atoms with Crippen molar-refractivity contribution in [1.29, 1.82) is 0 Å². The monoisotopic (exact) mass is 321 g/mol. The zero-order valence-corrected chi connectivity index (χ0v) is 13.0. The summed E-state index contributed by atoms with van der Waals surface area (Å²) in [6.07, 6.45) is 4.61. The second kappa shape index (κ2) is 8.26. The topological polar surface area (TPSA) is 71.0 Å². The van der Waals surface area contributed by atoms with Gasteiger partial charge in [-0.05, 0) is 36.6 Å². The molecule has 0 aromatic heterocycles. The van der Waals surface area contributed by atoms with Crippen molar-refractivity contribution in [3.05, 3.63) is 29.6 Å². The molecule has 7 heteroatoms. The quantitative estimate of drug-likeness (QED) is 0.662. The number of hydrogen-bond acceptors (Lipinski definition) is 4. The molecule has 0 bridgehead atoms. The smallest absolute Gasteiger partial charge is 0.259 e. The minimum Gasteiger partial charge on any atom is -0.494 e. The highest BCUT2D eigenvalue weighted by molar-refractivity contribution is 5.86. The number of nitrogens with zero attached hydrogens (tertiary/aromatic N) is 2. The van der Waals surface area contributed by atoms with Crippen LogP contribution in [0.15, 0.2) is 23.3 Å². The lowest BCUT2D eigenvalue weighted by Gasteiger charge is -2.18. The maximum Gasteiger partial charge on any atom is 0.259 e. The van der Waals surface area contributed by atoms with Gasteiger partial charge in [0.05, 0.1) is 13.3 Å². The van der Waals surface area contributed by atoms with E-state index in [1.807, 2.05) is 0 Å². The van der Waals surface area contributed by atoms with E-state index in [-0.39, 0.29) is 24.1 Å². The van der Waals surface area contributed by atoms with Crippen LogP contribution in [-0.2, 0) is 9.59 Å². The Balaban J connectivity index is 1.85. The van der Waals surface area contributed by atoms with E-state index in [0.29, 0.717) is 18.5 Å². The van der Waals surface area contributed by atoms with Gasteiger partial charge in [-0.15, -0.1) is 0 Å². The van der Waals surface area contributed by atoms with Crippen molar-refractivity contribution in [2.75, 3.05) is 20.2 Å². The van der Waals surface area contributed by atoms with Crippen LogP contribution in [0, 0.1) is 5.82 Å². The highest BCUT2D eigenvalue weighted by Gasteiger charge is 2.18. The third-order valence-corrected chi connectivity index (χ3v) is 3.58. The molecule has 2 amide bonds. The highest BCUT2D eigenvalue weighted by Crippen LogP contribution is 2.16. The standard InChI is InChI=1S/C16H20FN3O3/c1-23-14-7-6-12(9-13(14)17)10-18-19-15(21)11-20-8-4-2-3-5-16(20)22/h6-7,9-10H,2-5,8,11H2,1H3,(H,19,21)/b18-10-. The summed E-state index contributed by atoms with van der Waals surface area (Å²) < 4.78 is 18.3. The average molecular weight is 321 g/mol. The molecule has 23 heavy (non-hydrogen) atoms. The lowest BCUT2D eigenvalue weighted by atomic mass is 10.2. The summed E-state index contributed by atoms with van der Waals surface area (Å²) in [6.45, 7) is 0.590. The van der Waals surface area contributed by atoms with Crippen LogP contribution in [-0.4, -0.2) is 43.1 Å². The van der Waals surface area contributed by atoms with Crippen LogP contribution >= 0.6 is 0 Å². The first-order valence-corrected chi connectivity index (χ1v) is 7.53. The fourth-order valence-corrected chi connectivity index (χ4v) is 2.36. The molecule has 1 aromatic carbocycles. The predicted molar refractivity (Wildman–Crippen MR) is 83.7 cm³/mol. The second-order valence-corrected chi connectivity index (χ2v) is 5.31. The van der Waals surface area contributed by atoms with E-state index in [4.69, 9.17) is 4.74 Å². The summed E-state index contributed by atoms with van der Waals surface area (Å²) in [5, 5.41) is 3.78. The lowest BCUT2D eigenvalue weighted by Crippen LogP contribution is -2.39. The minimum atomic E-state index is -0.502. The van der Waals surface area contributed by atoms with E-state index in [0.717, 1.165) is 19.3 Å². The number of rotatable bonds is 5. The Morgan fingerprint density at radius 1 is 1.43 bits per heavy atom. The van der Waals surface area contributed by atoms with Crippen LogP contribution in [0.4, 0.5) is 4.39 Å². The van der Waals surface area contributed by atoms with E-state index < -0.39 is 5.82 Å². The number of methoxy groups -OCH3 is 1. The van der Waals surface area contributed by atoms with Gasteiger partial charge in [-0.3, -0.25) is 9.59 Å². The number of likely N-dealkylation sites (tertiary alicyclic amines) is 1. The number of halogens is 1. The number of hydrazone groups is 1. The van der Waals surface area contributed by atoms with Gasteiger partial charge in [0, 0.05) is 13.0 Å². The molecule has 0 atom stereocenters. The SMILES string of the molecule is COc1ccc(/C=N\NC(=O)CN2CCCCCC2=O)cc1F. The van der Waals surface area contributed by atoms with Crippen LogP contribution < -0.4 is 10.2 Å². The maximum absolute atomic E-state index is 13.5. The number of carbonyl (C=O) groups is 2. The van der Waals surface area contributed by atoms with E-state index in [1.54, 1.807) is 11.0 Å². The maximum atomic E-state index is 13.5. The summed E-state index contributed by atoms with van der Waals surface area (Å²) >= 11 is 0. The van der Waals surface area contributed by atoms with E-state index in [9.17, 15) is 14.0 Å². The molecule has 1 fully saturated rings. The zero-order chi connectivity index (χ0) is 16.7. The van der Waals surface area contributed by atoms with Gasteiger partial charge in [0.2, 0.25) is 5.91 Å². The van der Waals surface area contributed by atoms with Crippen LogP contribution in [0.3, 0.4) is 0 Å². The first kappa shape index (κ1) is 16.9. The van der Waals surface area contributed by atoms with Gasteiger partial charge < -0.3 is 9.64 Å². The summed E-state index contributed by atoms with van der Waals surface area (Å²) in [5.41, 5.74) is 2.85. The Labute approximate surface area is 134 Å². The molecule has 1 aromatic rings. The first-order valence-electron chi connectivity index (χ1n) is 7.53. The predicted octanol–water partition coefficient (Wildman–Crippen LogP) is 1.69. The summed E-state index contributed by atoms with van der Waals surface area (Å²) in [7, 11) is 1.39. The molecule has 1 N–H and O–H groups in total. The molecule has 1 aliphatic rings. The average Bonchev–Trinajstić information content (AvgIpc) is 2.72. The lowest BCUT2D eigenvalue weighted by molar-refractivity contribution is -0.135. The molecule has 0 aliphatic carbocycles. The van der Waals surface area contributed by atoms with Crippen LogP contribution in [0.5, 0.6) is 5.75 Å². The van der Waals surface area contributed by atoms with Gasteiger partial charge in [-0.1, -0.05) is 6.42 Å². The van der Waals surface area contributed by atoms with E-state index in [2.05, 4.69) is 10.5 Å². The number of ether oxygens (including phenoxy) is 1. The second-order valence-electron chi connectivity index (χ2n) is 5.31. The molecule has 0 unspecified atom stereocenters. The minimum absolute atomic E-state index is 0.00106. The van der Waals surface area contributed by atoms with Gasteiger partial charge in [0.25, 0.3) is 5.91 Å².